The average Bonchev–Trinajstić information content (AvgIpc) is 2.24. The van der Waals surface area contributed by atoms with Crippen LogP contribution in [0.15, 0.2) is 22.7 Å². The molecule has 0 spiro atoms. The minimum absolute atomic E-state index is 0.0322. The summed E-state index contributed by atoms with van der Waals surface area (Å²) in [7, 11) is 1.53. The number of ether oxygens (including phenoxy) is 2. The molecule has 17 heavy (non-hydrogen) atoms. The van der Waals surface area contributed by atoms with Crippen molar-refractivity contribution in [3.63, 3.8) is 0 Å². The lowest BCUT2D eigenvalue weighted by atomic mass is 10.3. The maximum Gasteiger partial charge on any atom is 0.389 e. The number of alkyl halides is 3. The molecule has 96 valence electrons. The molecule has 0 fully saturated rings. The minimum atomic E-state index is -4.12. The molecule has 0 radical (unpaired) electrons. The Hall–Kier alpha value is -0.910. The van der Waals surface area contributed by atoms with E-state index in [0.717, 1.165) is 0 Å². The highest BCUT2D eigenvalue weighted by Gasteiger charge is 2.26. The Morgan fingerprint density at radius 3 is 2.53 bits per heavy atom. The van der Waals surface area contributed by atoms with E-state index in [0.29, 0.717) is 16.0 Å². The Balaban J connectivity index is 2.42. The molecule has 0 aromatic heterocycles. The number of benzene rings is 1. The number of methoxy groups -OCH3 is 1. The van der Waals surface area contributed by atoms with Crippen LogP contribution >= 0.6 is 15.9 Å². The van der Waals surface area contributed by atoms with E-state index in [4.69, 9.17) is 9.47 Å². The topological polar surface area (TPSA) is 18.5 Å². The average molecular weight is 313 g/mol. The van der Waals surface area contributed by atoms with E-state index in [1.807, 2.05) is 0 Å². The number of hydrogen-bond acceptors (Lipinski definition) is 2. The molecule has 1 aromatic rings. The predicted molar refractivity (Wildman–Crippen MR) is 61.5 cm³/mol. The van der Waals surface area contributed by atoms with Crippen molar-refractivity contribution in [3.05, 3.63) is 22.7 Å². The van der Waals surface area contributed by atoms with Crippen LogP contribution in [0.2, 0.25) is 0 Å². The zero-order valence-electron chi connectivity index (χ0n) is 9.18. The first-order valence-electron chi connectivity index (χ1n) is 4.95. The van der Waals surface area contributed by atoms with E-state index in [2.05, 4.69) is 15.9 Å². The molecule has 0 amide bonds. The van der Waals surface area contributed by atoms with Crippen molar-refractivity contribution in [2.24, 2.45) is 0 Å². The van der Waals surface area contributed by atoms with Gasteiger partial charge in [-0.05, 0) is 40.5 Å². The van der Waals surface area contributed by atoms with E-state index in [9.17, 15) is 13.2 Å². The van der Waals surface area contributed by atoms with Gasteiger partial charge in [-0.15, -0.1) is 0 Å². The molecule has 1 rings (SSSR count). The minimum Gasteiger partial charge on any atom is -0.497 e. The van der Waals surface area contributed by atoms with Crippen molar-refractivity contribution in [1.82, 2.24) is 0 Å². The summed E-state index contributed by atoms with van der Waals surface area (Å²) < 4.78 is 46.5. The lowest BCUT2D eigenvalue weighted by molar-refractivity contribution is -0.136. The van der Waals surface area contributed by atoms with E-state index < -0.39 is 12.6 Å². The van der Waals surface area contributed by atoms with Crippen molar-refractivity contribution in [2.75, 3.05) is 13.7 Å². The monoisotopic (exact) mass is 312 g/mol. The summed E-state index contributed by atoms with van der Waals surface area (Å²) in [5.41, 5.74) is 0. The van der Waals surface area contributed by atoms with Crippen LogP contribution in [0.4, 0.5) is 13.2 Å². The number of hydrogen-bond donors (Lipinski definition) is 0. The molecule has 0 aliphatic heterocycles. The summed E-state index contributed by atoms with van der Waals surface area (Å²) >= 11 is 3.25. The van der Waals surface area contributed by atoms with E-state index in [1.54, 1.807) is 18.2 Å². The Morgan fingerprint density at radius 2 is 2.00 bits per heavy atom. The molecule has 0 N–H and O–H groups in total. The van der Waals surface area contributed by atoms with Crippen LogP contribution in [0, 0.1) is 0 Å². The standard InChI is InChI=1S/C11H12BrF3O2/c1-16-8-3-4-10(9(12)7-8)17-6-2-5-11(13,14)15/h3-4,7H,2,5-6H2,1H3. The van der Waals surface area contributed by atoms with Crippen LogP contribution in [0.1, 0.15) is 12.8 Å². The van der Waals surface area contributed by atoms with Crippen LogP contribution in [0.25, 0.3) is 0 Å². The third-order valence-corrected chi connectivity index (χ3v) is 2.62. The second kappa shape index (κ2) is 6.14. The molecule has 0 saturated carbocycles. The molecule has 0 bridgehead atoms. The highest BCUT2D eigenvalue weighted by atomic mass is 79.9. The highest BCUT2D eigenvalue weighted by molar-refractivity contribution is 9.10. The van der Waals surface area contributed by atoms with Gasteiger partial charge in [0.15, 0.2) is 0 Å². The van der Waals surface area contributed by atoms with Gasteiger partial charge in [-0.3, -0.25) is 0 Å². The molecular weight excluding hydrogens is 301 g/mol. The van der Waals surface area contributed by atoms with Gasteiger partial charge in [-0.1, -0.05) is 0 Å². The molecule has 0 heterocycles. The van der Waals surface area contributed by atoms with Crippen LogP contribution in [0.5, 0.6) is 11.5 Å². The van der Waals surface area contributed by atoms with Gasteiger partial charge in [-0.25, -0.2) is 0 Å². The first-order valence-corrected chi connectivity index (χ1v) is 5.75. The summed E-state index contributed by atoms with van der Waals surface area (Å²) in [4.78, 5) is 0. The van der Waals surface area contributed by atoms with E-state index >= 15 is 0 Å². The van der Waals surface area contributed by atoms with Gasteiger partial charge in [0.1, 0.15) is 11.5 Å². The summed E-state index contributed by atoms with van der Waals surface area (Å²) in [5.74, 6) is 1.16. The summed E-state index contributed by atoms with van der Waals surface area (Å²) in [5, 5.41) is 0. The van der Waals surface area contributed by atoms with Crippen LogP contribution < -0.4 is 9.47 Å². The molecule has 0 aliphatic rings. The van der Waals surface area contributed by atoms with Crippen molar-refractivity contribution in [2.45, 2.75) is 19.0 Å². The third kappa shape index (κ3) is 5.30. The van der Waals surface area contributed by atoms with Gasteiger partial charge < -0.3 is 9.47 Å². The highest BCUT2D eigenvalue weighted by Crippen LogP contribution is 2.29. The first-order chi connectivity index (χ1) is 7.92. The van der Waals surface area contributed by atoms with E-state index in [1.165, 1.54) is 7.11 Å². The van der Waals surface area contributed by atoms with Crippen molar-refractivity contribution < 1.29 is 22.6 Å². The Bertz CT molecular complexity index is 366. The third-order valence-electron chi connectivity index (χ3n) is 2.00. The largest absolute Gasteiger partial charge is 0.497 e. The molecule has 0 saturated heterocycles. The Labute approximate surface area is 106 Å². The fourth-order valence-corrected chi connectivity index (χ4v) is 1.65. The summed E-state index contributed by atoms with van der Waals surface area (Å²) in [6.45, 7) is 0.0322. The number of halogens is 4. The van der Waals surface area contributed by atoms with E-state index in [-0.39, 0.29) is 13.0 Å². The van der Waals surface area contributed by atoms with Gasteiger partial charge in [0.2, 0.25) is 0 Å². The zero-order valence-corrected chi connectivity index (χ0v) is 10.8. The first kappa shape index (κ1) is 14.2. The number of rotatable bonds is 5. The predicted octanol–water partition coefficient (Wildman–Crippen LogP) is 4.18. The SMILES string of the molecule is COc1ccc(OCCCC(F)(F)F)c(Br)c1. The summed E-state index contributed by atoms with van der Waals surface area (Å²) in [6.07, 6.45) is -5.01. The normalized spacial score (nSPS) is 11.4. The lowest BCUT2D eigenvalue weighted by Gasteiger charge is -2.10. The van der Waals surface area contributed by atoms with Crippen molar-refractivity contribution in [1.29, 1.82) is 0 Å². The van der Waals surface area contributed by atoms with Crippen LogP contribution in [-0.2, 0) is 0 Å². The maximum absolute atomic E-state index is 11.9. The fraction of sp³-hybridized carbons (Fsp3) is 0.455. The molecule has 0 unspecified atom stereocenters. The lowest BCUT2D eigenvalue weighted by Crippen LogP contribution is -2.09. The fourth-order valence-electron chi connectivity index (χ4n) is 1.18. The quantitative estimate of drug-likeness (QED) is 0.759. The Morgan fingerprint density at radius 1 is 1.29 bits per heavy atom. The molecule has 6 heteroatoms. The second-order valence-corrected chi connectivity index (χ2v) is 4.22. The van der Waals surface area contributed by atoms with Crippen LogP contribution in [-0.4, -0.2) is 19.9 Å². The summed E-state index contributed by atoms with van der Waals surface area (Å²) in [6, 6.07) is 5.03. The van der Waals surface area contributed by atoms with Gasteiger partial charge >= 0.3 is 6.18 Å². The maximum atomic E-state index is 11.9. The van der Waals surface area contributed by atoms with Gasteiger partial charge in [-0.2, -0.15) is 13.2 Å². The van der Waals surface area contributed by atoms with Crippen LogP contribution in [0.3, 0.4) is 0 Å². The van der Waals surface area contributed by atoms with Crippen molar-refractivity contribution >= 4 is 15.9 Å². The second-order valence-electron chi connectivity index (χ2n) is 3.36. The zero-order chi connectivity index (χ0) is 12.9. The molecule has 1 aromatic carbocycles. The van der Waals surface area contributed by atoms with Gasteiger partial charge in [0.05, 0.1) is 18.2 Å². The van der Waals surface area contributed by atoms with Crippen molar-refractivity contribution in [3.8, 4) is 11.5 Å². The molecule has 0 atom stereocenters. The Kier molecular flexibility index (Phi) is 5.11. The molecule has 0 aliphatic carbocycles. The molecular formula is C11H12BrF3O2. The molecule has 2 nitrogen and oxygen atoms in total. The van der Waals surface area contributed by atoms with Gasteiger partial charge in [0.25, 0.3) is 0 Å². The van der Waals surface area contributed by atoms with Gasteiger partial charge in [0, 0.05) is 6.42 Å². The smallest absolute Gasteiger partial charge is 0.389 e.